The summed E-state index contributed by atoms with van der Waals surface area (Å²) in [6, 6.07) is 7.47. The number of hydrogen-bond donors (Lipinski definition) is 1. The molecule has 20 heavy (non-hydrogen) atoms. The molecule has 1 fully saturated rings. The zero-order chi connectivity index (χ0) is 15.0. The first-order valence-corrected chi connectivity index (χ1v) is 9.21. The topological polar surface area (TPSA) is 60.2 Å². The van der Waals surface area contributed by atoms with Crippen LogP contribution in [0.15, 0.2) is 29.2 Å². The number of nitrogens with two attached hydrogens (primary N) is 1. The fourth-order valence-corrected chi connectivity index (χ4v) is 3.87. The predicted molar refractivity (Wildman–Crippen MR) is 82.5 cm³/mol. The van der Waals surface area contributed by atoms with E-state index >= 15 is 0 Å². The molecule has 0 amide bonds. The van der Waals surface area contributed by atoms with Crippen LogP contribution in [-0.2, 0) is 15.3 Å². The van der Waals surface area contributed by atoms with Gasteiger partial charge in [0.25, 0.3) is 0 Å². The third-order valence-corrected chi connectivity index (χ3v) is 5.63. The molecule has 1 saturated carbocycles. The molecule has 2 N–H and O–H groups in total. The highest BCUT2D eigenvalue weighted by atomic mass is 32.2. The third-order valence-electron chi connectivity index (χ3n) is 4.52. The Morgan fingerprint density at radius 2 is 1.95 bits per heavy atom. The molecular weight excluding hydrogens is 270 g/mol. The second-order valence-corrected chi connectivity index (χ2v) is 8.56. The molecule has 0 saturated heterocycles. The van der Waals surface area contributed by atoms with Gasteiger partial charge in [-0.3, -0.25) is 0 Å². The van der Waals surface area contributed by atoms with E-state index in [0.717, 1.165) is 24.8 Å². The van der Waals surface area contributed by atoms with Gasteiger partial charge < -0.3 is 5.73 Å². The van der Waals surface area contributed by atoms with Crippen molar-refractivity contribution in [2.24, 2.45) is 11.7 Å². The maximum absolute atomic E-state index is 11.7. The lowest BCUT2D eigenvalue weighted by Gasteiger charge is -2.47. The average molecular weight is 295 g/mol. The summed E-state index contributed by atoms with van der Waals surface area (Å²) in [6.07, 6.45) is 5.54. The summed E-state index contributed by atoms with van der Waals surface area (Å²) in [4.78, 5) is 0.401. The Labute approximate surface area is 122 Å². The Morgan fingerprint density at radius 1 is 1.30 bits per heavy atom. The Bertz CT molecular complexity index is 574. The van der Waals surface area contributed by atoms with Crippen molar-refractivity contribution in [3.05, 3.63) is 29.8 Å². The van der Waals surface area contributed by atoms with Gasteiger partial charge in [0, 0.05) is 17.7 Å². The highest BCUT2D eigenvalue weighted by Gasteiger charge is 2.44. The SMILES string of the molecule is CC(C)CC(N)C1(c2cccc(S(C)(=O)=O)c2)CCC1. The molecule has 1 aliphatic rings. The lowest BCUT2D eigenvalue weighted by molar-refractivity contribution is 0.178. The fraction of sp³-hybridized carbons (Fsp3) is 0.625. The maximum Gasteiger partial charge on any atom is 0.175 e. The molecule has 3 nitrogen and oxygen atoms in total. The van der Waals surface area contributed by atoms with Gasteiger partial charge in [-0.1, -0.05) is 32.4 Å². The third kappa shape index (κ3) is 2.91. The van der Waals surface area contributed by atoms with E-state index in [1.54, 1.807) is 6.07 Å². The van der Waals surface area contributed by atoms with Gasteiger partial charge >= 0.3 is 0 Å². The standard InChI is InChI=1S/C16H25NO2S/c1-12(2)10-15(17)16(8-5-9-16)13-6-4-7-14(11-13)20(3,18)19/h4,6-7,11-12,15H,5,8-10,17H2,1-3H3. The first-order valence-electron chi connectivity index (χ1n) is 7.32. The van der Waals surface area contributed by atoms with Crippen molar-refractivity contribution in [1.82, 2.24) is 0 Å². The molecule has 0 spiro atoms. The molecule has 112 valence electrons. The van der Waals surface area contributed by atoms with E-state index in [-0.39, 0.29) is 11.5 Å². The Hall–Kier alpha value is -0.870. The van der Waals surface area contributed by atoms with Crippen LogP contribution in [0.4, 0.5) is 0 Å². The second-order valence-electron chi connectivity index (χ2n) is 6.55. The molecular formula is C16H25NO2S. The molecule has 1 aliphatic carbocycles. The number of rotatable bonds is 5. The molecule has 1 atom stereocenters. The van der Waals surface area contributed by atoms with E-state index in [0.29, 0.717) is 10.8 Å². The van der Waals surface area contributed by atoms with Gasteiger partial charge in [0.05, 0.1) is 4.90 Å². The van der Waals surface area contributed by atoms with Crippen LogP contribution in [0.2, 0.25) is 0 Å². The van der Waals surface area contributed by atoms with Gasteiger partial charge in [-0.15, -0.1) is 0 Å². The Morgan fingerprint density at radius 3 is 2.40 bits per heavy atom. The number of sulfone groups is 1. The average Bonchev–Trinajstić information content (AvgIpc) is 2.25. The lowest BCUT2D eigenvalue weighted by Crippen LogP contribution is -2.51. The first kappa shape index (κ1) is 15.5. The van der Waals surface area contributed by atoms with Gasteiger partial charge in [0.1, 0.15) is 0 Å². The van der Waals surface area contributed by atoms with Gasteiger partial charge in [0.2, 0.25) is 0 Å². The molecule has 0 heterocycles. The van der Waals surface area contributed by atoms with Crippen molar-refractivity contribution < 1.29 is 8.42 Å². The Kier molecular flexibility index (Phi) is 4.26. The first-order chi connectivity index (χ1) is 9.25. The smallest absolute Gasteiger partial charge is 0.175 e. The summed E-state index contributed by atoms with van der Waals surface area (Å²) in [6.45, 7) is 4.36. The zero-order valence-electron chi connectivity index (χ0n) is 12.6. The molecule has 1 aromatic rings. The predicted octanol–water partition coefficient (Wildman–Crippen LogP) is 2.89. The van der Waals surface area contributed by atoms with Gasteiger partial charge in [-0.05, 0) is 42.9 Å². The molecule has 0 aliphatic heterocycles. The number of hydrogen-bond acceptors (Lipinski definition) is 3. The number of benzene rings is 1. The largest absolute Gasteiger partial charge is 0.327 e. The van der Waals surface area contributed by atoms with Crippen LogP contribution < -0.4 is 5.73 Å². The highest BCUT2D eigenvalue weighted by Crippen LogP contribution is 2.47. The fourth-order valence-electron chi connectivity index (χ4n) is 3.20. The van der Waals surface area contributed by atoms with E-state index in [4.69, 9.17) is 5.73 Å². The second kappa shape index (κ2) is 5.49. The molecule has 0 bridgehead atoms. The quantitative estimate of drug-likeness (QED) is 0.908. The Balaban J connectivity index is 2.37. The van der Waals surface area contributed by atoms with Crippen LogP contribution in [0.25, 0.3) is 0 Å². The molecule has 1 aromatic carbocycles. The minimum Gasteiger partial charge on any atom is -0.327 e. The van der Waals surface area contributed by atoms with E-state index < -0.39 is 9.84 Å². The van der Waals surface area contributed by atoms with Gasteiger partial charge in [0.15, 0.2) is 9.84 Å². The highest BCUT2D eigenvalue weighted by molar-refractivity contribution is 7.90. The van der Waals surface area contributed by atoms with Gasteiger partial charge in [-0.2, -0.15) is 0 Å². The summed E-state index contributed by atoms with van der Waals surface area (Å²) in [5.74, 6) is 0.556. The van der Waals surface area contributed by atoms with Crippen molar-refractivity contribution in [3.63, 3.8) is 0 Å². The maximum atomic E-state index is 11.7. The van der Waals surface area contributed by atoms with Crippen LogP contribution in [0.3, 0.4) is 0 Å². The summed E-state index contributed by atoms with van der Waals surface area (Å²) in [5, 5.41) is 0. The van der Waals surface area contributed by atoms with Crippen LogP contribution in [0.1, 0.15) is 45.1 Å². The minimum absolute atomic E-state index is 0.0228. The van der Waals surface area contributed by atoms with Crippen molar-refractivity contribution in [2.75, 3.05) is 6.26 Å². The summed E-state index contributed by atoms with van der Waals surface area (Å²) >= 11 is 0. The molecule has 2 rings (SSSR count). The summed E-state index contributed by atoms with van der Waals surface area (Å²) in [7, 11) is -3.16. The van der Waals surface area contributed by atoms with Crippen LogP contribution in [0.5, 0.6) is 0 Å². The van der Waals surface area contributed by atoms with Crippen molar-refractivity contribution >= 4 is 9.84 Å². The van der Waals surface area contributed by atoms with E-state index in [1.165, 1.54) is 12.7 Å². The summed E-state index contributed by atoms with van der Waals surface area (Å²) < 4.78 is 23.5. The van der Waals surface area contributed by atoms with E-state index in [2.05, 4.69) is 13.8 Å². The van der Waals surface area contributed by atoms with Crippen molar-refractivity contribution in [2.45, 2.75) is 55.9 Å². The zero-order valence-corrected chi connectivity index (χ0v) is 13.4. The summed E-state index contributed by atoms with van der Waals surface area (Å²) in [5.41, 5.74) is 7.53. The normalized spacial score (nSPS) is 19.6. The molecule has 0 radical (unpaired) electrons. The molecule has 0 aromatic heterocycles. The van der Waals surface area contributed by atoms with Crippen LogP contribution in [0, 0.1) is 5.92 Å². The molecule has 4 heteroatoms. The van der Waals surface area contributed by atoms with E-state index in [9.17, 15) is 8.42 Å². The minimum atomic E-state index is -3.16. The van der Waals surface area contributed by atoms with Gasteiger partial charge in [-0.25, -0.2) is 8.42 Å². The van der Waals surface area contributed by atoms with E-state index in [1.807, 2.05) is 18.2 Å². The van der Waals surface area contributed by atoms with Crippen molar-refractivity contribution in [3.8, 4) is 0 Å². The van der Waals surface area contributed by atoms with Crippen LogP contribution in [-0.4, -0.2) is 20.7 Å². The van der Waals surface area contributed by atoms with Crippen molar-refractivity contribution in [1.29, 1.82) is 0 Å². The molecule has 1 unspecified atom stereocenters. The lowest BCUT2D eigenvalue weighted by atomic mass is 9.59. The van der Waals surface area contributed by atoms with Crippen LogP contribution >= 0.6 is 0 Å². The monoisotopic (exact) mass is 295 g/mol.